The molecule has 0 spiro atoms. The van der Waals surface area contributed by atoms with E-state index in [2.05, 4.69) is 36.1 Å². The number of piperidine rings is 1. The molecule has 1 aliphatic heterocycles. The van der Waals surface area contributed by atoms with Crippen LogP contribution in [0.15, 0.2) is 6.20 Å². The molecule has 1 fully saturated rings. The van der Waals surface area contributed by atoms with Crippen molar-refractivity contribution in [1.82, 2.24) is 15.3 Å². The largest absolute Gasteiger partial charge is 0.394 e. The van der Waals surface area contributed by atoms with Crippen LogP contribution in [0.5, 0.6) is 0 Å². The summed E-state index contributed by atoms with van der Waals surface area (Å²) in [5.74, 6) is 2.37. The fraction of sp³-hybridized carbons (Fsp3) is 0.722. The summed E-state index contributed by atoms with van der Waals surface area (Å²) in [4.78, 5) is 17.4. The molecule has 7 heteroatoms. The Morgan fingerprint density at radius 2 is 2.16 bits per heavy atom. The smallest absolute Gasteiger partial charge is 0.220 e. The molecule has 0 aromatic carbocycles. The molecule has 2 heterocycles. The van der Waals surface area contributed by atoms with Crippen LogP contribution >= 0.6 is 0 Å². The highest BCUT2D eigenvalue weighted by atomic mass is 16.3. The minimum absolute atomic E-state index is 0.0539. The third-order valence-electron chi connectivity index (χ3n) is 3.55. The molecule has 2 atom stereocenters. The van der Waals surface area contributed by atoms with E-state index in [0.717, 1.165) is 43.0 Å². The Kier molecular flexibility index (Phi) is 11.7. The van der Waals surface area contributed by atoms with Crippen molar-refractivity contribution in [2.45, 2.75) is 59.9 Å². The monoisotopic (exact) mass is 353 g/mol. The molecule has 0 bridgehead atoms. The molecular weight excluding hydrogens is 318 g/mol. The van der Waals surface area contributed by atoms with Gasteiger partial charge in [-0.25, -0.2) is 4.98 Å². The van der Waals surface area contributed by atoms with Gasteiger partial charge in [0, 0.05) is 24.9 Å². The normalized spacial score (nSPS) is 17.6. The second-order valence-electron chi connectivity index (χ2n) is 7.04. The first-order valence-electron chi connectivity index (χ1n) is 8.84. The van der Waals surface area contributed by atoms with Crippen LogP contribution in [0.1, 0.15) is 64.5 Å². The van der Waals surface area contributed by atoms with Crippen LogP contribution in [-0.4, -0.2) is 39.8 Å². The molecule has 0 saturated carbocycles. The van der Waals surface area contributed by atoms with E-state index in [0.29, 0.717) is 11.8 Å². The Hall–Kier alpha value is -1.73. The Balaban J connectivity index is 0.000000353. The average molecular weight is 354 g/mol. The lowest BCUT2D eigenvalue weighted by Gasteiger charge is -2.17. The van der Waals surface area contributed by atoms with Crippen LogP contribution in [0, 0.1) is 24.2 Å². The number of nitrogens with one attached hydrogen (secondary N) is 3. The number of aromatic amines is 1. The predicted molar refractivity (Wildman–Crippen MR) is 102 cm³/mol. The number of aryl methyl sites for hydroxylation is 1. The third-order valence-corrected chi connectivity index (χ3v) is 3.55. The number of aromatic nitrogens is 2. The highest BCUT2D eigenvalue weighted by Crippen LogP contribution is 2.08. The summed E-state index contributed by atoms with van der Waals surface area (Å²) >= 11 is 0. The first kappa shape index (κ1) is 23.3. The number of nitrogens with two attached hydrogens (primary N) is 1. The molecule has 7 nitrogen and oxygen atoms in total. The van der Waals surface area contributed by atoms with Crippen molar-refractivity contribution in [3.8, 4) is 0 Å². The molecule has 1 amide bonds. The van der Waals surface area contributed by atoms with Crippen molar-refractivity contribution >= 4 is 11.6 Å². The van der Waals surface area contributed by atoms with Gasteiger partial charge in [0.1, 0.15) is 5.82 Å². The van der Waals surface area contributed by atoms with Crippen molar-refractivity contribution in [2.24, 2.45) is 17.6 Å². The fourth-order valence-corrected chi connectivity index (χ4v) is 2.19. The Labute approximate surface area is 151 Å². The van der Waals surface area contributed by atoms with Crippen LogP contribution in [0.4, 0.5) is 0 Å². The number of nitrogens with zero attached hydrogens (tertiary/aromatic N) is 1. The van der Waals surface area contributed by atoms with Gasteiger partial charge in [-0.2, -0.15) is 0 Å². The predicted octanol–water partition coefficient (Wildman–Crippen LogP) is 2.31. The molecule has 2 unspecified atom stereocenters. The summed E-state index contributed by atoms with van der Waals surface area (Å²) in [6.07, 6.45) is 4.36. The Bertz CT molecular complexity index is 503. The number of hydrogen-bond acceptors (Lipinski definition) is 5. The maximum absolute atomic E-state index is 10.5. The number of carbonyl (C=O) groups excluding carboxylic acids is 1. The van der Waals surface area contributed by atoms with Crippen LogP contribution in [-0.2, 0) is 4.79 Å². The number of hydrogen-bond donors (Lipinski definition) is 5. The molecule has 1 aromatic heterocycles. The lowest BCUT2D eigenvalue weighted by atomic mass is 10.0. The van der Waals surface area contributed by atoms with Gasteiger partial charge in [0.15, 0.2) is 0 Å². The zero-order chi connectivity index (χ0) is 19.4. The fourth-order valence-electron chi connectivity index (χ4n) is 2.19. The van der Waals surface area contributed by atoms with E-state index in [1.807, 2.05) is 13.8 Å². The SMILES string of the molecule is CC(=N)CC(C)C.CC1CCC(=O)NC1.Cc1ncc(C(N)CO)[nH]1. The summed E-state index contributed by atoms with van der Waals surface area (Å²) < 4.78 is 0. The second kappa shape index (κ2) is 12.6. The summed E-state index contributed by atoms with van der Waals surface area (Å²) in [6.45, 7) is 10.9. The highest BCUT2D eigenvalue weighted by molar-refractivity contribution is 5.78. The van der Waals surface area contributed by atoms with Gasteiger partial charge in [0.25, 0.3) is 0 Å². The Morgan fingerprint density at radius 1 is 1.52 bits per heavy atom. The zero-order valence-corrected chi connectivity index (χ0v) is 16.2. The maximum atomic E-state index is 10.5. The first-order chi connectivity index (χ1) is 11.6. The highest BCUT2D eigenvalue weighted by Gasteiger charge is 2.12. The molecule has 6 N–H and O–H groups in total. The number of carbonyl (C=O) groups is 1. The van der Waals surface area contributed by atoms with Crippen molar-refractivity contribution in [3.63, 3.8) is 0 Å². The third kappa shape index (κ3) is 12.3. The van der Waals surface area contributed by atoms with Gasteiger partial charge in [0.05, 0.1) is 18.3 Å². The molecular formula is C18H35N5O2. The Morgan fingerprint density at radius 3 is 2.44 bits per heavy atom. The van der Waals surface area contributed by atoms with Gasteiger partial charge in [-0.15, -0.1) is 0 Å². The minimum atomic E-state index is -0.332. The van der Waals surface area contributed by atoms with Crippen LogP contribution in [0.3, 0.4) is 0 Å². The molecule has 0 radical (unpaired) electrons. The average Bonchev–Trinajstić information content (AvgIpc) is 2.96. The van der Waals surface area contributed by atoms with E-state index in [9.17, 15) is 4.79 Å². The lowest BCUT2D eigenvalue weighted by Crippen LogP contribution is -2.33. The number of H-pyrrole nitrogens is 1. The number of aliphatic hydroxyl groups excluding tert-OH is 1. The van der Waals surface area contributed by atoms with E-state index >= 15 is 0 Å². The summed E-state index contributed by atoms with van der Waals surface area (Å²) in [5, 5.41) is 18.4. The first-order valence-corrected chi connectivity index (χ1v) is 8.84. The van der Waals surface area contributed by atoms with E-state index in [-0.39, 0.29) is 18.6 Å². The molecule has 25 heavy (non-hydrogen) atoms. The number of aliphatic hydroxyl groups is 1. The minimum Gasteiger partial charge on any atom is -0.394 e. The van der Waals surface area contributed by atoms with E-state index in [1.54, 1.807) is 6.20 Å². The van der Waals surface area contributed by atoms with Gasteiger partial charge >= 0.3 is 0 Å². The van der Waals surface area contributed by atoms with Crippen LogP contribution in [0.25, 0.3) is 0 Å². The molecule has 1 aliphatic rings. The molecule has 144 valence electrons. The van der Waals surface area contributed by atoms with E-state index in [4.69, 9.17) is 16.2 Å². The van der Waals surface area contributed by atoms with Gasteiger partial charge in [-0.3, -0.25) is 4.79 Å². The van der Waals surface area contributed by atoms with Crippen LogP contribution < -0.4 is 11.1 Å². The topological polar surface area (TPSA) is 128 Å². The van der Waals surface area contributed by atoms with Crippen molar-refractivity contribution in [3.05, 3.63) is 17.7 Å². The lowest BCUT2D eigenvalue weighted by molar-refractivity contribution is -0.122. The number of rotatable bonds is 4. The van der Waals surface area contributed by atoms with Crippen LogP contribution in [0.2, 0.25) is 0 Å². The van der Waals surface area contributed by atoms with E-state index < -0.39 is 0 Å². The molecule has 1 aromatic rings. The standard InChI is InChI=1S/C6H11N3O.C6H11NO.C6H13N/c1-4-8-2-6(9-4)5(7)3-10;1-5-2-3-6(8)7-4-5;1-5(2)4-6(3)7/h2,5,10H,3,7H2,1H3,(H,8,9);5H,2-4H2,1H3,(H,7,8);5,7H,4H2,1-3H3. The number of amides is 1. The van der Waals surface area contributed by atoms with Gasteiger partial charge in [-0.1, -0.05) is 20.8 Å². The maximum Gasteiger partial charge on any atom is 0.220 e. The summed E-state index contributed by atoms with van der Waals surface area (Å²) in [5.41, 5.74) is 7.05. The second-order valence-corrected chi connectivity index (χ2v) is 7.04. The summed E-state index contributed by atoms with van der Waals surface area (Å²) in [6, 6.07) is -0.332. The van der Waals surface area contributed by atoms with Crippen molar-refractivity contribution < 1.29 is 9.90 Å². The van der Waals surface area contributed by atoms with Gasteiger partial charge in [-0.05, 0) is 38.5 Å². The van der Waals surface area contributed by atoms with E-state index in [1.165, 1.54) is 0 Å². The number of imidazole rings is 1. The van der Waals surface area contributed by atoms with Crippen molar-refractivity contribution in [2.75, 3.05) is 13.2 Å². The van der Waals surface area contributed by atoms with Gasteiger partial charge in [0.2, 0.25) is 5.91 Å². The zero-order valence-electron chi connectivity index (χ0n) is 16.2. The van der Waals surface area contributed by atoms with Gasteiger partial charge < -0.3 is 26.6 Å². The summed E-state index contributed by atoms with van der Waals surface area (Å²) in [7, 11) is 0. The molecule has 1 saturated heterocycles. The van der Waals surface area contributed by atoms with Crippen molar-refractivity contribution in [1.29, 1.82) is 5.41 Å². The quantitative estimate of drug-likeness (QED) is 0.532. The molecule has 0 aliphatic carbocycles. The molecule has 2 rings (SSSR count).